The van der Waals surface area contributed by atoms with Gasteiger partial charge in [0.1, 0.15) is 0 Å². The zero-order valence-corrected chi connectivity index (χ0v) is 11.3. The zero-order valence-electron chi connectivity index (χ0n) is 11.3. The molecule has 1 amide bonds. The molecule has 2 aliphatic rings. The molecule has 0 radical (unpaired) electrons. The van der Waals surface area contributed by atoms with Crippen molar-refractivity contribution in [2.24, 2.45) is 5.41 Å². The van der Waals surface area contributed by atoms with Gasteiger partial charge < -0.3 is 10.2 Å². The second kappa shape index (κ2) is 5.38. The maximum absolute atomic E-state index is 12.7. The van der Waals surface area contributed by atoms with Crippen LogP contribution in [0.2, 0.25) is 0 Å². The van der Waals surface area contributed by atoms with Crippen LogP contribution >= 0.6 is 0 Å². The largest absolute Gasteiger partial charge is 0.342 e. The van der Waals surface area contributed by atoms with Crippen molar-refractivity contribution in [1.29, 1.82) is 0 Å². The number of hydrogen-bond acceptors (Lipinski definition) is 2. The number of hydrogen-bond donors (Lipinski definition) is 1. The Labute approximate surface area is 105 Å². The molecule has 1 aliphatic heterocycles. The lowest BCUT2D eigenvalue weighted by Gasteiger charge is -2.35. The van der Waals surface area contributed by atoms with E-state index in [2.05, 4.69) is 17.1 Å². The quantitative estimate of drug-likeness (QED) is 0.814. The molecule has 98 valence electrons. The normalized spacial score (nSPS) is 29.8. The fourth-order valence-corrected chi connectivity index (χ4v) is 3.56. The number of carbonyl (C=O) groups is 1. The summed E-state index contributed by atoms with van der Waals surface area (Å²) in [5.74, 6) is 0.399. The van der Waals surface area contributed by atoms with E-state index in [-0.39, 0.29) is 5.41 Å². The van der Waals surface area contributed by atoms with Crippen molar-refractivity contribution in [3.8, 4) is 0 Å². The van der Waals surface area contributed by atoms with Gasteiger partial charge in [0.2, 0.25) is 5.91 Å². The van der Waals surface area contributed by atoms with Gasteiger partial charge >= 0.3 is 0 Å². The summed E-state index contributed by atoms with van der Waals surface area (Å²) in [4.78, 5) is 14.8. The van der Waals surface area contributed by atoms with E-state index < -0.39 is 0 Å². The minimum absolute atomic E-state index is 0.0912. The van der Waals surface area contributed by atoms with Gasteiger partial charge in [-0.05, 0) is 32.2 Å². The van der Waals surface area contributed by atoms with Crippen LogP contribution in [0.25, 0.3) is 0 Å². The highest BCUT2D eigenvalue weighted by molar-refractivity contribution is 5.83. The van der Waals surface area contributed by atoms with E-state index in [4.69, 9.17) is 0 Å². The molecule has 1 heterocycles. The molecule has 0 aromatic heterocycles. The van der Waals surface area contributed by atoms with Crippen molar-refractivity contribution < 1.29 is 4.79 Å². The van der Waals surface area contributed by atoms with Crippen molar-refractivity contribution in [2.75, 3.05) is 20.1 Å². The second-order valence-corrected chi connectivity index (χ2v) is 5.81. The van der Waals surface area contributed by atoms with Gasteiger partial charge in [-0.1, -0.05) is 26.2 Å². The van der Waals surface area contributed by atoms with Crippen molar-refractivity contribution in [3.63, 3.8) is 0 Å². The van der Waals surface area contributed by atoms with E-state index in [1.54, 1.807) is 0 Å². The van der Waals surface area contributed by atoms with Crippen LogP contribution in [0.4, 0.5) is 0 Å². The molecule has 1 saturated carbocycles. The molecule has 1 aliphatic carbocycles. The minimum Gasteiger partial charge on any atom is -0.342 e. The molecule has 0 aromatic carbocycles. The third-order valence-corrected chi connectivity index (χ3v) is 4.62. The number of nitrogens with zero attached hydrogens (tertiary/aromatic N) is 1. The maximum Gasteiger partial charge on any atom is 0.230 e. The Bertz CT molecular complexity index is 265. The van der Waals surface area contributed by atoms with Gasteiger partial charge in [-0.15, -0.1) is 0 Å². The maximum atomic E-state index is 12.7. The fraction of sp³-hybridized carbons (Fsp3) is 0.929. The van der Waals surface area contributed by atoms with Gasteiger partial charge in [-0.2, -0.15) is 0 Å². The van der Waals surface area contributed by atoms with Crippen LogP contribution in [0.5, 0.6) is 0 Å². The molecule has 2 rings (SSSR count). The van der Waals surface area contributed by atoms with Gasteiger partial charge in [-0.25, -0.2) is 0 Å². The van der Waals surface area contributed by atoms with Gasteiger partial charge in [0.25, 0.3) is 0 Å². The molecule has 0 aromatic rings. The second-order valence-electron chi connectivity index (χ2n) is 5.81. The Kier molecular flexibility index (Phi) is 4.08. The highest BCUT2D eigenvalue weighted by atomic mass is 16.2. The van der Waals surface area contributed by atoms with Crippen LogP contribution in [0.15, 0.2) is 0 Å². The first kappa shape index (κ1) is 12.9. The average Bonchev–Trinajstić information content (AvgIpc) is 2.99. The number of carbonyl (C=O) groups excluding carboxylic acids is 1. The molecule has 1 atom stereocenters. The third-order valence-electron chi connectivity index (χ3n) is 4.62. The topological polar surface area (TPSA) is 32.3 Å². The molecule has 0 bridgehead atoms. The Hall–Kier alpha value is -0.570. The summed E-state index contributed by atoms with van der Waals surface area (Å²) < 4.78 is 0. The van der Waals surface area contributed by atoms with Gasteiger partial charge in [0.05, 0.1) is 5.41 Å². The summed E-state index contributed by atoms with van der Waals surface area (Å²) >= 11 is 0. The summed E-state index contributed by atoms with van der Waals surface area (Å²) in [6.45, 7) is 4.07. The first-order valence-corrected chi connectivity index (χ1v) is 7.17. The molecule has 3 nitrogen and oxygen atoms in total. The number of amides is 1. The van der Waals surface area contributed by atoms with Crippen LogP contribution in [0.1, 0.15) is 51.9 Å². The summed E-state index contributed by atoms with van der Waals surface area (Å²) in [6, 6.07) is 0.511. The Morgan fingerprint density at radius 2 is 2.12 bits per heavy atom. The lowest BCUT2D eigenvalue weighted by Crippen LogP contribution is -2.47. The van der Waals surface area contributed by atoms with E-state index in [0.717, 1.165) is 32.4 Å². The minimum atomic E-state index is -0.0912. The summed E-state index contributed by atoms with van der Waals surface area (Å²) in [6.07, 6.45) is 8.16. The number of nitrogens with one attached hydrogen (secondary N) is 1. The first-order valence-electron chi connectivity index (χ1n) is 7.17. The van der Waals surface area contributed by atoms with Crippen LogP contribution in [0, 0.1) is 5.41 Å². The van der Waals surface area contributed by atoms with E-state index in [1.807, 2.05) is 7.05 Å². The molecule has 1 unspecified atom stereocenters. The van der Waals surface area contributed by atoms with E-state index in [9.17, 15) is 4.79 Å². The highest BCUT2D eigenvalue weighted by Gasteiger charge is 2.43. The van der Waals surface area contributed by atoms with Crippen molar-refractivity contribution in [3.05, 3.63) is 0 Å². The van der Waals surface area contributed by atoms with E-state index in [0.29, 0.717) is 11.9 Å². The Morgan fingerprint density at radius 1 is 1.41 bits per heavy atom. The van der Waals surface area contributed by atoms with E-state index in [1.165, 1.54) is 25.7 Å². The van der Waals surface area contributed by atoms with Gasteiger partial charge in [0.15, 0.2) is 0 Å². The standard InChI is InChI=1S/C14H26N2O/c1-3-8-14(9-10-15-11-14)13(17)16(2)12-6-4-5-7-12/h12,15H,3-11H2,1-2H3. The monoisotopic (exact) mass is 238 g/mol. The first-order chi connectivity index (χ1) is 8.19. The van der Waals surface area contributed by atoms with Crippen molar-refractivity contribution in [2.45, 2.75) is 57.9 Å². The molecule has 17 heavy (non-hydrogen) atoms. The fourth-order valence-electron chi connectivity index (χ4n) is 3.56. The summed E-state index contributed by atoms with van der Waals surface area (Å²) in [5.41, 5.74) is -0.0912. The Morgan fingerprint density at radius 3 is 2.65 bits per heavy atom. The highest BCUT2D eigenvalue weighted by Crippen LogP contribution is 2.35. The molecular formula is C14H26N2O. The van der Waals surface area contributed by atoms with Crippen LogP contribution in [-0.4, -0.2) is 37.0 Å². The SMILES string of the molecule is CCCC1(C(=O)N(C)C2CCCC2)CCNC1. The lowest BCUT2D eigenvalue weighted by atomic mass is 9.80. The molecule has 1 N–H and O–H groups in total. The summed E-state index contributed by atoms with van der Waals surface area (Å²) in [5, 5.41) is 3.38. The van der Waals surface area contributed by atoms with Gasteiger partial charge in [-0.3, -0.25) is 4.79 Å². The van der Waals surface area contributed by atoms with Crippen LogP contribution in [-0.2, 0) is 4.79 Å². The summed E-state index contributed by atoms with van der Waals surface area (Å²) in [7, 11) is 2.02. The molecular weight excluding hydrogens is 212 g/mol. The van der Waals surface area contributed by atoms with Crippen molar-refractivity contribution in [1.82, 2.24) is 10.2 Å². The van der Waals surface area contributed by atoms with Crippen LogP contribution < -0.4 is 5.32 Å². The number of rotatable bonds is 4. The zero-order chi connectivity index (χ0) is 12.3. The van der Waals surface area contributed by atoms with Crippen molar-refractivity contribution >= 4 is 5.91 Å². The predicted molar refractivity (Wildman–Crippen MR) is 69.9 cm³/mol. The Balaban J connectivity index is 2.04. The molecule has 2 fully saturated rings. The molecule has 1 saturated heterocycles. The lowest BCUT2D eigenvalue weighted by molar-refractivity contribution is -0.142. The predicted octanol–water partition coefficient (Wildman–Crippen LogP) is 2.17. The smallest absolute Gasteiger partial charge is 0.230 e. The molecule has 0 spiro atoms. The molecule has 3 heteroatoms. The van der Waals surface area contributed by atoms with E-state index >= 15 is 0 Å². The van der Waals surface area contributed by atoms with Crippen LogP contribution in [0.3, 0.4) is 0 Å². The van der Waals surface area contributed by atoms with Gasteiger partial charge in [0, 0.05) is 19.6 Å². The average molecular weight is 238 g/mol. The third kappa shape index (κ3) is 2.49.